The molecule has 0 radical (unpaired) electrons. The molecule has 1 amide bonds. The zero-order chi connectivity index (χ0) is 13.2. The summed E-state index contributed by atoms with van der Waals surface area (Å²) in [6.07, 6.45) is 1.02. The van der Waals surface area contributed by atoms with Crippen LogP contribution in [0.2, 0.25) is 0 Å². The molecule has 0 bridgehead atoms. The summed E-state index contributed by atoms with van der Waals surface area (Å²) in [5, 5.41) is 3.30. The van der Waals surface area contributed by atoms with E-state index in [0.29, 0.717) is 23.1 Å². The lowest BCUT2D eigenvalue weighted by Crippen LogP contribution is -2.41. The number of hydrogen-bond acceptors (Lipinski definition) is 4. The predicted molar refractivity (Wildman–Crippen MR) is 70.6 cm³/mol. The number of carbonyl (C=O) groups excluding carboxylic acids is 1. The van der Waals surface area contributed by atoms with Crippen molar-refractivity contribution in [3.05, 3.63) is 23.8 Å². The Labute approximate surface area is 112 Å². The van der Waals surface area contributed by atoms with Gasteiger partial charge in [0.1, 0.15) is 0 Å². The van der Waals surface area contributed by atoms with E-state index in [1.54, 1.807) is 18.2 Å². The van der Waals surface area contributed by atoms with Gasteiger partial charge in [-0.05, 0) is 38.1 Å². The van der Waals surface area contributed by atoms with Gasteiger partial charge in [0.25, 0.3) is 5.91 Å². The number of likely N-dealkylation sites (N-methyl/N-ethyl adjacent to an activating group) is 1. The van der Waals surface area contributed by atoms with E-state index in [2.05, 4.69) is 5.32 Å². The first-order valence-electron chi connectivity index (χ1n) is 6.71. The van der Waals surface area contributed by atoms with E-state index in [1.165, 1.54) is 0 Å². The summed E-state index contributed by atoms with van der Waals surface area (Å²) in [5.74, 6) is 1.43. The van der Waals surface area contributed by atoms with Crippen LogP contribution in [0.25, 0.3) is 0 Å². The summed E-state index contributed by atoms with van der Waals surface area (Å²) in [6.45, 7) is 4.83. The van der Waals surface area contributed by atoms with E-state index in [1.807, 2.05) is 11.8 Å². The lowest BCUT2D eigenvalue weighted by atomic mass is 10.1. The predicted octanol–water partition coefficient (Wildman–Crippen LogP) is 1.24. The van der Waals surface area contributed by atoms with Crippen molar-refractivity contribution in [2.24, 2.45) is 0 Å². The van der Waals surface area contributed by atoms with Gasteiger partial charge in [-0.3, -0.25) is 4.79 Å². The van der Waals surface area contributed by atoms with Gasteiger partial charge in [-0.15, -0.1) is 0 Å². The zero-order valence-electron chi connectivity index (χ0n) is 11.0. The van der Waals surface area contributed by atoms with Crippen LogP contribution in [0, 0.1) is 0 Å². The third-order valence-corrected chi connectivity index (χ3v) is 3.70. The van der Waals surface area contributed by atoms with Crippen molar-refractivity contribution < 1.29 is 14.3 Å². The normalized spacial score (nSPS) is 20.6. The van der Waals surface area contributed by atoms with Crippen molar-refractivity contribution in [3.8, 4) is 11.5 Å². The van der Waals surface area contributed by atoms with Gasteiger partial charge in [-0.25, -0.2) is 0 Å². The van der Waals surface area contributed by atoms with Crippen LogP contribution in [0.1, 0.15) is 23.7 Å². The number of amides is 1. The second kappa shape index (κ2) is 5.09. The Bertz CT molecular complexity index is 484. The fourth-order valence-corrected chi connectivity index (χ4v) is 2.67. The molecular formula is C14H18N2O3. The maximum atomic E-state index is 12.6. The average molecular weight is 262 g/mol. The summed E-state index contributed by atoms with van der Waals surface area (Å²) in [4.78, 5) is 14.5. The fraction of sp³-hybridized carbons (Fsp3) is 0.500. The molecule has 5 heteroatoms. The van der Waals surface area contributed by atoms with Gasteiger partial charge in [0.2, 0.25) is 6.79 Å². The highest BCUT2D eigenvalue weighted by Gasteiger charge is 2.27. The Hall–Kier alpha value is -1.75. The minimum absolute atomic E-state index is 0.0644. The van der Waals surface area contributed by atoms with E-state index in [-0.39, 0.29) is 12.7 Å². The Morgan fingerprint density at radius 2 is 2.26 bits per heavy atom. The van der Waals surface area contributed by atoms with E-state index in [9.17, 15) is 4.79 Å². The number of benzene rings is 1. The number of nitrogens with one attached hydrogen (secondary N) is 1. The van der Waals surface area contributed by atoms with Crippen molar-refractivity contribution >= 4 is 5.91 Å². The minimum Gasteiger partial charge on any atom is -0.454 e. The summed E-state index contributed by atoms with van der Waals surface area (Å²) < 4.78 is 10.6. The number of ether oxygens (including phenoxy) is 2. The molecule has 2 aliphatic rings. The quantitative estimate of drug-likeness (QED) is 0.890. The standard InChI is InChI=1S/C14H18N2O3/c1-2-16(11-5-6-15-8-11)14(17)10-3-4-12-13(7-10)19-9-18-12/h3-4,7,11,15H,2,5-6,8-9H2,1H3. The van der Waals surface area contributed by atoms with Crippen LogP contribution < -0.4 is 14.8 Å². The highest BCUT2D eigenvalue weighted by molar-refractivity contribution is 5.95. The van der Waals surface area contributed by atoms with Crippen molar-refractivity contribution in [1.82, 2.24) is 10.2 Å². The first-order valence-corrected chi connectivity index (χ1v) is 6.71. The van der Waals surface area contributed by atoms with Crippen LogP contribution in [0.4, 0.5) is 0 Å². The first-order chi connectivity index (χ1) is 9.29. The lowest BCUT2D eigenvalue weighted by molar-refractivity contribution is 0.0703. The van der Waals surface area contributed by atoms with E-state index < -0.39 is 0 Å². The summed E-state index contributed by atoms with van der Waals surface area (Å²) >= 11 is 0. The SMILES string of the molecule is CCN(C(=O)c1ccc2c(c1)OCO2)C1CCNC1. The molecule has 2 aliphatic heterocycles. The molecule has 1 saturated heterocycles. The molecule has 1 fully saturated rings. The van der Waals surface area contributed by atoms with E-state index in [4.69, 9.17) is 9.47 Å². The third kappa shape index (κ3) is 2.26. The molecule has 1 aromatic carbocycles. The molecule has 2 heterocycles. The van der Waals surface area contributed by atoms with E-state index in [0.717, 1.165) is 26.1 Å². The van der Waals surface area contributed by atoms with Crippen LogP contribution in [0.15, 0.2) is 18.2 Å². The van der Waals surface area contributed by atoms with Crippen molar-refractivity contribution in [2.75, 3.05) is 26.4 Å². The Kier molecular flexibility index (Phi) is 3.29. The molecule has 0 aliphatic carbocycles. The molecular weight excluding hydrogens is 244 g/mol. The highest BCUT2D eigenvalue weighted by Crippen LogP contribution is 2.33. The maximum Gasteiger partial charge on any atom is 0.254 e. The Morgan fingerprint density at radius 1 is 1.42 bits per heavy atom. The second-order valence-corrected chi connectivity index (χ2v) is 4.81. The maximum absolute atomic E-state index is 12.6. The molecule has 19 heavy (non-hydrogen) atoms. The number of fused-ring (bicyclic) bond motifs is 1. The highest BCUT2D eigenvalue weighted by atomic mass is 16.7. The first kappa shape index (κ1) is 12.3. The molecule has 0 spiro atoms. The van der Waals surface area contributed by atoms with Gasteiger partial charge in [-0.2, -0.15) is 0 Å². The number of carbonyl (C=O) groups is 1. The smallest absolute Gasteiger partial charge is 0.254 e. The number of hydrogen-bond donors (Lipinski definition) is 1. The Balaban J connectivity index is 1.81. The zero-order valence-corrected chi connectivity index (χ0v) is 11.0. The molecule has 1 aromatic rings. The molecule has 3 rings (SSSR count). The van der Waals surface area contributed by atoms with Crippen LogP contribution in [0.3, 0.4) is 0 Å². The van der Waals surface area contributed by atoms with Crippen molar-refractivity contribution in [1.29, 1.82) is 0 Å². The lowest BCUT2D eigenvalue weighted by Gasteiger charge is -2.27. The third-order valence-electron chi connectivity index (χ3n) is 3.70. The second-order valence-electron chi connectivity index (χ2n) is 4.81. The molecule has 0 aromatic heterocycles. The van der Waals surface area contributed by atoms with Crippen LogP contribution >= 0.6 is 0 Å². The van der Waals surface area contributed by atoms with Gasteiger partial charge in [0, 0.05) is 24.7 Å². The van der Waals surface area contributed by atoms with Gasteiger partial charge in [0.15, 0.2) is 11.5 Å². The van der Waals surface area contributed by atoms with Crippen LogP contribution in [0.5, 0.6) is 11.5 Å². The van der Waals surface area contributed by atoms with Crippen molar-refractivity contribution in [3.63, 3.8) is 0 Å². The molecule has 102 valence electrons. The van der Waals surface area contributed by atoms with Gasteiger partial charge in [-0.1, -0.05) is 0 Å². The number of nitrogens with zero attached hydrogens (tertiary/aromatic N) is 1. The topological polar surface area (TPSA) is 50.8 Å². The summed E-state index contributed by atoms with van der Waals surface area (Å²) in [7, 11) is 0. The molecule has 1 N–H and O–H groups in total. The van der Waals surface area contributed by atoms with E-state index >= 15 is 0 Å². The number of rotatable bonds is 3. The summed E-state index contributed by atoms with van der Waals surface area (Å²) in [5.41, 5.74) is 0.665. The van der Waals surface area contributed by atoms with Gasteiger partial charge >= 0.3 is 0 Å². The summed E-state index contributed by atoms with van der Waals surface area (Å²) in [6, 6.07) is 5.68. The average Bonchev–Trinajstić information content (AvgIpc) is 3.09. The van der Waals surface area contributed by atoms with Crippen LogP contribution in [-0.4, -0.2) is 43.3 Å². The van der Waals surface area contributed by atoms with Gasteiger partial charge in [0.05, 0.1) is 0 Å². The molecule has 5 nitrogen and oxygen atoms in total. The van der Waals surface area contributed by atoms with Crippen molar-refractivity contribution in [2.45, 2.75) is 19.4 Å². The largest absolute Gasteiger partial charge is 0.454 e. The Morgan fingerprint density at radius 3 is 3.00 bits per heavy atom. The molecule has 1 unspecified atom stereocenters. The van der Waals surface area contributed by atoms with Crippen LogP contribution in [-0.2, 0) is 0 Å². The monoisotopic (exact) mass is 262 g/mol. The molecule has 1 atom stereocenters. The minimum atomic E-state index is 0.0644. The molecule has 0 saturated carbocycles. The van der Waals surface area contributed by atoms with Gasteiger partial charge < -0.3 is 19.7 Å². The fourth-order valence-electron chi connectivity index (χ4n) is 2.67.